The fourth-order valence-corrected chi connectivity index (χ4v) is 3.70. The van der Waals surface area contributed by atoms with Crippen LogP contribution in [0.25, 0.3) is 0 Å². The lowest BCUT2D eigenvalue weighted by atomic mass is 10.0. The molecule has 2 amide bonds. The zero-order chi connectivity index (χ0) is 23.2. The molecule has 3 aromatic rings. The first-order valence-electron chi connectivity index (χ1n) is 10.9. The molecule has 33 heavy (non-hydrogen) atoms. The maximum absolute atomic E-state index is 12.9. The normalized spacial score (nSPS) is 16.9. The molecule has 2 aliphatic rings. The summed E-state index contributed by atoms with van der Waals surface area (Å²) in [6.07, 6.45) is 1.59. The second kappa shape index (κ2) is 10.1. The summed E-state index contributed by atoms with van der Waals surface area (Å²) in [6, 6.07) is 18.3. The molecule has 0 unspecified atom stereocenters. The number of carbonyl (C=O) groups is 2. The Kier molecular flexibility index (Phi) is 6.78. The number of fused-ring (bicyclic) bond motifs is 10. The van der Waals surface area contributed by atoms with E-state index in [1.807, 2.05) is 12.1 Å². The summed E-state index contributed by atoms with van der Waals surface area (Å²) >= 11 is 0. The van der Waals surface area contributed by atoms with Gasteiger partial charge in [-0.3, -0.25) is 9.59 Å². The van der Waals surface area contributed by atoms with E-state index in [0.717, 1.165) is 16.7 Å². The van der Waals surface area contributed by atoms with Crippen molar-refractivity contribution >= 4 is 11.8 Å². The van der Waals surface area contributed by atoms with Crippen LogP contribution in [0.4, 0.5) is 0 Å². The van der Waals surface area contributed by atoms with Crippen LogP contribution in [0, 0.1) is 0 Å². The predicted molar refractivity (Wildman–Crippen MR) is 123 cm³/mol. The van der Waals surface area contributed by atoms with Crippen LogP contribution in [-0.4, -0.2) is 34.6 Å². The molecule has 7 heteroatoms. The van der Waals surface area contributed by atoms with Gasteiger partial charge in [-0.05, 0) is 65.9 Å². The average molecular weight is 447 g/mol. The van der Waals surface area contributed by atoms with E-state index in [1.165, 1.54) is 0 Å². The first-order valence-corrected chi connectivity index (χ1v) is 10.9. The van der Waals surface area contributed by atoms with E-state index in [1.54, 1.807) is 54.6 Å². The molecule has 3 aromatic carbocycles. The Morgan fingerprint density at radius 2 is 1.58 bits per heavy atom. The lowest BCUT2D eigenvalue weighted by molar-refractivity contribution is -0.129. The Morgan fingerprint density at radius 3 is 2.33 bits per heavy atom. The number of hydrogen-bond donors (Lipinski definition) is 4. The molecule has 0 aliphatic carbocycles. The lowest BCUT2D eigenvalue weighted by Gasteiger charge is -2.19. The van der Waals surface area contributed by atoms with Crippen LogP contribution < -0.4 is 15.4 Å². The van der Waals surface area contributed by atoms with E-state index in [2.05, 4.69) is 10.6 Å². The number of benzene rings is 3. The van der Waals surface area contributed by atoms with Gasteiger partial charge in [0.05, 0.1) is 0 Å². The van der Waals surface area contributed by atoms with Gasteiger partial charge in [0.1, 0.15) is 17.5 Å². The third-order valence-corrected chi connectivity index (χ3v) is 5.56. The van der Waals surface area contributed by atoms with Crippen molar-refractivity contribution in [1.82, 2.24) is 10.6 Å². The minimum atomic E-state index is -0.737. The lowest BCUT2D eigenvalue weighted by Crippen LogP contribution is -2.48. The minimum absolute atomic E-state index is 0.0357. The number of phenols is 2. The van der Waals surface area contributed by atoms with Gasteiger partial charge in [-0.1, -0.05) is 30.3 Å². The van der Waals surface area contributed by atoms with Gasteiger partial charge in [0.25, 0.3) is 0 Å². The number of carbonyl (C=O) groups excluding carboxylic acids is 2. The van der Waals surface area contributed by atoms with E-state index < -0.39 is 6.04 Å². The summed E-state index contributed by atoms with van der Waals surface area (Å²) in [4.78, 5) is 25.5. The van der Waals surface area contributed by atoms with E-state index >= 15 is 0 Å². The van der Waals surface area contributed by atoms with Gasteiger partial charge < -0.3 is 25.6 Å². The second-order valence-electron chi connectivity index (χ2n) is 8.08. The molecule has 1 atom stereocenters. The van der Waals surface area contributed by atoms with Crippen molar-refractivity contribution in [3.8, 4) is 23.0 Å². The number of nitrogens with one attached hydrogen (secondary N) is 2. The SMILES string of the molecule is O=C1CCc2ccc(cc2)Oc2cc(ccc2O)CCNC(=O)[C@H](Cc2ccc(O)cc2)N1. The third-order valence-electron chi connectivity index (χ3n) is 5.56. The van der Waals surface area contributed by atoms with Crippen molar-refractivity contribution in [1.29, 1.82) is 0 Å². The number of phenolic OH excluding ortho intramolecular Hbond substituents is 2. The number of amides is 2. The molecule has 2 aliphatic heterocycles. The van der Waals surface area contributed by atoms with Crippen molar-refractivity contribution in [2.75, 3.05) is 6.54 Å². The maximum Gasteiger partial charge on any atom is 0.242 e. The molecular formula is C26H26N2O5. The zero-order valence-corrected chi connectivity index (χ0v) is 18.1. The molecule has 2 heterocycles. The first-order chi connectivity index (χ1) is 16.0. The highest BCUT2D eigenvalue weighted by atomic mass is 16.5. The minimum Gasteiger partial charge on any atom is -0.508 e. The average Bonchev–Trinajstić information content (AvgIpc) is 2.81. The molecule has 5 rings (SSSR count). The Morgan fingerprint density at radius 1 is 0.848 bits per heavy atom. The fourth-order valence-electron chi connectivity index (χ4n) is 3.70. The van der Waals surface area contributed by atoms with Crippen LogP contribution in [-0.2, 0) is 28.9 Å². The summed E-state index contributed by atoms with van der Waals surface area (Å²) in [7, 11) is 0. The van der Waals surface area contributed by atoms with Gasteiger partial charge in [-0.2, -0.15) is 0 Å². The largest absolute Gasteiger partial charge is 0.508 e. The molecule has 0 saturated carbocycles. The highest BCUT2D eigenvalue weighted by Crippen LogP contribution is 2.32. The van der Waals surface area contributed by atoms with Gasteiger partial charge in [0.2, 0.25) is 11.8 Å². The molecule has 7 nitrogen and oxygen atoms in total. The quantitative estimate of drug-likeness (QED) is 0.484. The summed E-state index contributed by atoms with van der Waals surface area (Å²) in [5.74, 6) is 0.619. The fraction of sp³-hybridized carbons (Fsp3) is 0.231. The molecular weight excluding hydrogens is 420 g/mol. The van der Waals surface area contributed by atoms with Crippen molar-refractivity contribution in [3.63, 3.8) is 0 Å². The van der Waals surface area contributed by atoms with Gasteiger partial charge >= 0.3 is 0 Å². The van der Waals surface area contributed by atoms with Gasteiger partial charge in [-0.15, -0.1) is 0 Å². The Bertz CT molecular complexity index is 1130. The number of rotatable bonds is 2. The topological polar surface area (TPSA) is 108 Å². The van der Waals surface area contributed by atoms with E-state index in [9.17, 15) is 19.8 Å². The van der Waals surface area contributed by atoms with Crippen LogP contribution in [0.5, 0.6) is 23.0 Å². The van der Waals surface area contributed by atoms with Crippen LogP contribution in [0.15, 0.2) is 66.7 Å². The molecule has 0 radical (unpaired) electrons. The molecule has 0 spiro atoms. The van der Waals surface area contributed by atoms with Gasteiger partial charge in [0.15, 0.2) is 11.5 Å². The third kappa shape index (κ3) is 6.04. The zero-order valence-electron chi connectivity index (χ0n) is 18.1. The number of aromatic hydroxyl groups is 2. The Hall–Kier alpha value is -4.00. The van der Waals surface area contributed by atoms with Crippen molar-refractivity contribution in [2.45, 2.75) is 31.7 Å². The maximum atomic E-state index is 12.9. The monoisotopic (exact) mass is 446 g/mol. The highest BCUT2D eigenvalue weighted by molar-refractivity contribution is 5.88. The Balaban J connectivity index is 1.56. The first kappa shape index (κ1) is 22.2. The second-order valence-corrected chi connectivity index (χ2v) is 8.08. The Labute approximate surface area is 192 Å². The van der Waals surface area contributed by atoms with E-state index in [-0.39, 0.29) is 29.7 Å². The molecule has 4 bridgehead atoms. The van der Waals surface area contributed by atoms with Crippen LogP contribution in [0.2, 0.25) is 0 Å². The molecule has 170 valence electrons. The smallest absolute Gasteiger partial charge is 0.242 e. The van der Waals surface area contributed by atoms with Gasteiger partial charge in [-0.25, -0.2) is 0 Å². The molecule has 0 aromatic heterocycles. The number of hydrogen-bond acceptors (Lipinski definition) is 5. The van der Waals surface area contributed by atoms with Crippen molar-refractivity contribution in [2.24, 2.45) is 0 Å². The molecule has 0 fully saturated rings. The van der Waals surface area contributed by atoms with Gasteiger partial charge in [0, 0.05) is 19.4 Å². The van der Waals surface area contributed by atoms with Crippen LogP contribution in [0.3, 0.4) is 0 Å². The number of aryl methyl sites for hydroxylation is 1. The summed E-state index contributed by atoms with van der Waals surface area (Å²) in [5.41, 5.74) is 2.68. The standard InChI is InChI=1S/C26H26N2O5/c29-20-7-1-18(2-8-20)15-22-26(32)27-14-13-19-5-11-23(30)24(16-19)33-21-9-3-17(4-10-21)6-12-25(31)28-22/h1-5,7-11,16,22,29-30H,6,12-15H2,(H,27,32)(H,28,31)/t22-/m0/s1. The highest BCUT2D eigenvalue weighted by Gasteiger charge is 2.21. The van der Waals surface area contributed by atoms with Crippen LogP contribution >= 0.6 is 0 Å². The van der Waals surface area contributed by atoms with E-state index in [4.69, 9.17) is 4.74 Å². The summed E-state index contributed by atoms with van der Waals surface area (Å²) < 4.78 is 5.83. The molecule has 4 N–H and O–H groups in total. The summed E-state index contributed by atoms with van der Waals surface area (Å²) in [6.45, 7) is 0.360. The van der Waals surface area contributed by atoms with Crippen molar-refractivity contribution < 1.29 is 24.5 Å². The summed E-state index contributed by atoms with van der Waals surface area (Å²) in [5, 5.41) is 25.4. The predicted octanol–water partition coefficient (Wildman–Crippen LogP) is 3.22. The van der Waals surface area contributed by atoms with E-state index in [0.29, 0.717) is 37.3 Å². The number of ether oxygens (including phenoxy) is 1. The van der Waals surface area contributed by atoms with Crippen molar-refractivity contribution in [3.05, 3.63) is 83.4 Å². The van der Waals surface area contributed by atoms with Crippen LogP contribution in [0.1, 0.15) is 23.1 Å². The molecule has 0 saturated heterocycles.